The lowest BCUT2D eigenvalue weighted by Gasteiger charge is -2.22. The highest BCUT2D eigenvalue weighted by Gasteiger charge is 2.08. The van der Waals surface area contributed by atoms with Crippen LogP contribution >= 0.6 is 11.8 Å². The van der Waals surface area contributed by atoms with Crippen LogP contribution in [0.3, 0.4) is 0 Å². The van der Waals surface area contributed by atoms with Crippen molar-refractivity contribution in [1.82, 2.24) is 15.5 Å². The summed E-state index contributed by atoms with van der Waals surface area (Å²) in [5.41, 5.74) is 1.23. The fraction of sp³-hybridized carbons (Fsp3) is 0.529. The third-order valence-corrected chi connectivity index (χ3v) is 3.98. The first-order chi connectivity index (χ1) is 11.0. The molecule has 0 saturated heterocycles. The third-order valence-electron chi connectivity index (χ3n) is 3.24. The lowest BCUT2D eigenvalue weighted by molar-refractivity contribution is -0.121. The second-order valence-corrected chi connectivity index (χ2v) is 6.53. The number of thioether (sulfide) groups is 1. The van der Waals surface area contributed by atoms with Gasteiger partial charge in [0.15, 0.2) is 5.96 Å². The molecule has 2 N–H and O–H groups in total. The molecule has 0 aromatic heterocycles. The Morgan fingerprint density at radius 3 is 2.48 bits per heavy atom. The molecule has 0 spiro atoms. The molecule has 128 valence electrons. The number of nitrogens with one attached hydrogen (secondary N) is 2. The van der Waals surface area contributed by atoms with E-state index in [1.165, 1.54) is 10.5 Å². The molecule has 1 rings (SSSR count). The zero-order chi connectivity index (χ0) is 17.2. The Kier molecular flexibility index (Phi) is 8.55. The van der Waals surface area contributed by atoms with Crippen molar-refractivity contribution in [1.29, 1.82) is 0 Å². The molecule has 1 aromatic rings. The van der Waals surface area contributed by atoms with Crippen LogP contribution in [0.5, 0.6) is 0 Å². The van der Waals surface area contributed by atoms with Gasteiger partial charge >= 0.3 is 0 Å². The Morgan fingerprint density at radius 1 is 1.30 bits per heavy atom. The second kappa shape index (κ2) is 10.2. The Morgan fingerprint density at radius 2 is 1.96 bits per heavy atom. The smallest absolute Gasteiger partial charge is 0.221 e. The highest BCUT2D eigenvalue weighted by atomic mass is 32.2. The van der Waals surface area contributed by atoms with Crippen LogP contribution < -0.4 is 10.6 Å². The average molecular weight is 337 g/mol. The number of amides is 1. The number of hydrogen-bond donors (Lipinski definition) is 2. The van der Waals surface area contributed by atoms with Crippen molar-refractivity contribution in [2.24, 2.45) is 4.99 Å². The van der Waals surface area contributed by atoms with Gasteiger partial charge in [-0.3, -0.25) is 9.79 Å². The quantitative estimate of drug-likeness (QED) is 0.456. The SMILES string of the molecule is CN=C(NCCC(=O)NC(C)C)N(C)Cc1ccc(SC)cc1. The van der Waals surface area contributed by atoms with Gasteiger partial charge in [-0.25, -0.2) is 0 Å². The van der Waals surface area contributed by atoms with Crippen molar-refractivity contribution in [2.75, 3.05) is 26.9 Å². The summed E-state index contributed by atoms with van der Waals surface area (Å²) >= 11 is 1.74. The maximum atomic E-state index is 11.6. The van der Waals surface area contributed by atoms with E-state index < -0.39 is 0 Å². The van der Waals surface area contributed by atoms with Crippen LogP contribution in [-0.4, -0.2) is 49.7 Å². The number of carbonyl (C=O) groups excluding carboxylic acids is 1. The molecule has 0 aliphatic carbocycles. The van der Waals surface area contributed by atoms with Gasteiger partial charge in [-0.2, -0.15) is 0 Å². The van der Waals surface area contributed by atoms with Gasteiger partial charge in [-0.1, -0.05) is 12.1 Å². The summed E-state index contributed by atoms with van der Waals surface area (Å²) in [6.45, 7) is 5.26. The number of nitrogens with zero attached hydrogens (tertiary/aromatic N) is 2. The van der Waals surface area contributed by atoms with Gasteiger partial charge in [0.25, 0.3) is 0 Å². The molecule has 0 fully saturated rings. The van der Waals surface area contributed by atoms with Crippen LogP contribution in [0.4, 0.5) is 0 Å². The van der Waals surface area contributed by atoms with Gasteiger partial charge in [0.1, 0.15) is 0 Å². The molecule has 0 radical (unpaired) electrons. The molecule has 0 aliphatic heterocycles. The molecule has 0 heterocycles. The molecule has 1 amide bonds. The normalized spacial score (nSPS) is 11.5. The lowest BCUT2D eigenvalue weighted by Crippen LogP contribution is -2.40. The van der Waals surface area contributed by atoms with E-state index in [-0.39, 0.29) is 11.9 Å². The van der Waals surface area contributed by atoms with Gasteiger partial charge in [-0.05, 0) is 37.8 Å². The second-order valence-electron chi connectivity index (χ2n) is 5.65. The van der Waals surface area contributed by atoms with Crippen molar-refractivity contribution in [3.63, 3.8) is 0 Å². The van der Waals surface area contributed by atoms with E-state index in [2.05, 4.69) is 51.0 Å². The Hall–Kier alpha value is -1.69. The highest BCUT2D eigenvalue weighted by molar-refractivity contribution is 7.98. The minimum Gasteiger partial charge on any atom is -0.356 e. The van der Waals surface area contributed by atoms with Crippen molar-refractivity contribution in [3.8, 4) is 0 Å². The monoisotopic (exact) mass is 336 g/mol. The fourth-order valence-electron chi connectivity index (χ4n) is 2.15. The molecule has 0 atom stereocenters. The van der Waals surface area contributed by atoms with E-state index in [0.717, 1.165) is 12.5 Å². The van der Waals surface area contributed by atoms with Gasteiger partial charge < -0.3 is 15.5 Å². The summed E-state index contributed by atoms with van der Waals surface area (Å²) in [6, 6.07) is 8.69. The zero-order valence-electron chi connectivity index (χ0n) is 14.7. The topological polar surface area (TPSA) is 56.7 Å². The molecule has 1 aromatic carbocycles. The van der Waals surface area contributed by atoms with Crippen LogP contribution in [0.2, 0.25) is 0 Å². The first kappa shape index (κ1) is 19.4. The largest absolute Gasteiger partial charge is 0.356 e. The average Bonchev–Trinajstić information content (AvgIpc) is 2.51. The summed E-state index contributed by atoms with van der Waals surface area (Å²) < 4.78 is 0. The molecule has 5 nitrogen and oxygen atoms in total. The van der Waals surface area contributed by atoms with Gasteiger partial charge in [0.2, 0.25) is 5.91 Å². The van der Waals surface area contributed by atoms with Crippen molar-refractivity contribution < 1.29 is 4.79 Å². The van der Waals surface area contributed by atoms with Crippen molar-refractivity contribution >= 4 is 23.6 Å². The van der Waals surface area contributed by atoms with Gasteiger partial charge in [-0.15, -0.1) is 11.8 Å². The predicted molar refractivity (Wildman–Crippen MR) is 98.9 cm³/mol. The van der Waals surface area contributed by atoms with E-state index in [1.54, 1.807) is 18.8 Å². The van der Waals surface area contributed by atoms with Crippen LogP contribution in [-0.2, 0) is 11.3 Å². The maximum absolute atomic E-state index is 11.6. The van der Waals surface area contributed by atoms with Crippen molar-refractivity contribution in [3.05, 3.63) is 29.8 Å². The molecule has 0 unspecified atom stereocenters. The maximum Gasteiger partial charge on any atom is 0.221 e. The fourth-order valence-corrected chi connectivity index (χ4v) is 2.55. The molecule has 0 bridgehead atoms. The van der Waals surface area contributed by atoms with Crippen LogP contribution in [0, 0.1) is 0 Å². The van der Waals surface area contributed by atoms with E-state index in [0.29, 0.717) is 13.0 Å². The summed E-state index contributed by atoms with van der Waals surface area (Å²) in [5.74, 6) is 0.842. The van der Waals surface area contributed by atoms with Gasteiger partial charge in [0.05, 0.1) is 0 Å². The summed E-state index contributed by atoms with van der Waals surface area (Å²) in [6.07, 6.45) is 2.51. The summed E-state index contributed by atoms with van der Waals surface area (Å²) in [4.78, 5) is 19.2. The Labute approximate surface area is 143 Å². The van der Waals surface area contributed by atoms with E-state index in [4.69, 9.17) is 0 Å². The number of aliphatic imine (C=N–C) groups is 1. The zero-order valence-corrected chi connectivity index (χ0v) is 15.5. The standard InChI is InChI=1S/C17H28N4OS/c1-13(2)20-16(22)10-11-19-17(18-3)21(4)12-14-6-8-15(23-5)9-7-14/h6-9,13H,10-12H2,1-5H3,(H,18,19)(H,20,22). The van der Waals surface area contributed by atoms with E-state index in [1.807, 2.05) is 20.9 Å². The van der Waals surface area contributed by atoms with Crippen LogP contribution in [0.1, 0.15) is 25.8 Å². The number of rotatable bonds is 7. The van der Waals surface area contributed by atoms with Crippen LogP contribution in [0.25, 0.3) is 0 Å². The molecule has 6 heteroatoms. The first-order valence-electron chi connectivity index (χ1n) is 7.80. The van der Waals surface area contributed by atoms with Crippen LogP contribution in [0.15, 0.2) is 34.2 Å². The highest BCUT2D eigenvalue weighted by Crippen LogP contribution is 2.15. The van der Waals surface area contributed by atoms with E-state index >= 15 is 0 Å². The predicted octanol–water partition coefficient (Wildman–Crippen LogP) is 2.33. The molecule has 0 aliphatic rings. The molecule has 23 heavy (non-hydrogen) atoms. The molecular formula is C17H28N4OS. The van der Waals surface area contributed by atoms with Crippen molar-refractivity contribution in [2.45, 2.75) is 37.8 Å². The lowest BCUT2D eigenvalue weighted by atomic mass is 10.2. The minimum atomic E-state index is 0.0539. The van der Waals surface area contributed by atoms with E-state index in [9.17, 15) is 4.79 Å². The Balaban J connectivity index is 2.45. The molecular weight excluding hydrogens is 308 g/mol. The number of carbonyl (C=O) groups is 1. The number of hydrogen-bond acceptors (Lipinski definition) is 3. The summed E-state index contributed by atoms with van der Waals surface area (Å²) in [5, 5.41) is 6.11. The number of guanidine groups is 1. The first-order valence-corrected chi connectivity index (χ1v) is 9.02. The summed E-state index contributed by atoms with van der Waals surface area (Å²) in [7, 11) is 3.75. The van der Waals surface area contributed by atoms with Gasteiger partial charge in [0, 0.05) is 44.5 Å². The minimum absolute atomic E-state index is 0.0539. The Bertz CT molecular complexity index is 514. The third kappa shape index (κ3) is 7.41. The molecule has 0 saturated carbocycles. The number of benzene rings is 1.